The second-order valence-corrected chi connectivity index (χ2v) is 5.70. The molecule has 0 bridgehead atoms. The van der Waals surface area contributed by atoms with E-state index in [4.69, 9.17) is 4.74 Å². The summed E-state index contributed by atoms with van der Waals surface area (Å²) in [6.45, 7) is 1.02. The summed E-state index contributed by atoms with van der Waals surface area (Å²) < 4.78 is 5.37. The van der Waals surface area contributed by atoms with Gasteiger partial charge in [-0.25, -0.2) is 0 Å². The van der Waals surface area contributed by atoms with E-state index in [1.807, 2.05) is 0 Å². The van der Waals surface area contributed by atoms with Gasteiger partial charge in [0, 0.05) is 6.04 Å². The van der Waals surface area contributed by atoms with Crippen LogP contribution in [0.5, 0.6) is 5.75 Å². The number of benzene rings is 2. The van der Waals surface area contributed by atoms with Crippen LogP contribution in [0.1, 0.15) is 35.6 Å². The molecule has 0 saturated carbocycles. The highest BCUT2D eigenvalue weighted by atomic mass is 16.5. The molecule has 2 nitrogen and oxygen atoms in total. The molecule has 1 aliphatic carbocycles. The van der Waals surface area contributed by atoms with Crippen molar-refractivity contribution >= 4 is 0 Å². The van der Waals surface area contributed by atoms with Crippen LogP contribution in [0.15, 0.2) is 48.5 Å². The number of aryl methyl sites for hydroxylation is 1. The lowest BCUT2D eigenvalue weighted by atomic mass is 9.87. The van der Waals surface area contributed by atoms with Crippen molar-refractivity contribution in [3.8, 4) is 5.75 Å². The van der Waals surface area contributed by atoms with Gasteiger partial charge < -0.3 is 10.1 Å². The average Bonchev–Trinajstić information content (AvgIpc) is 2.55. The maximum atomic E-state index is 5.37. The Hall–Kier alpha value is -1.80. The summed E-state index contributed by atoms with van der Waals surface area (Å²) in [6.07, 6.45) is 4.75. The first kappa shape index (κ1) is 14.2. The van der Waals surface area contributed by atoms with Crippen LogP contribution in [0.2, 0.25) is 0 Å². The molecule has 0 aromatic heterocycles. The third-order valence-electron chi connectivity index (χ3n) is 4.31. The van der Waals surface area contributed by atoms with Gasteiger partial charge in [0.2, 0.25) is 0 Å². The predicted octanol–water partition coefficient (Wildman–Crippen LogP) is 3.90. The molecule has 0 amide bonds. The van der Waals surface area contributed by atoms with Crippen molar-refractivity contribution in [2.75, 3.05) is 13.7 Å². The summed E-state index contributed by atoms with van der Waals surface area (Å²) in [4.78, 5) is 0. The lowest BCUT2D eigenvalue weighted by Crippen LogP contribution is -2.27. The maximum Gasteiger partial charge on any atom is 0.119 e. The van der Waals surface area contributed by atoms with Gasteiger partial charge in [0.15, 0.2) is 0 Å². The van der Waals surface area contributed by atoms with E-state index in [9.17, 15) is 0 Å². The zero-order valence-electron chi connectivity index (χ0n) is 12.6. The standard InChI is InChI=1S/C19H23NO/c1-21-17-11-10-16-8-5-9-19(18(16)14-17)20-13-12-15-6-3-2-4-7-15/h2-4,6-7,10-11,14,19-20H,5,8-9,12-13H2,1H3. The third kappa shape index (κ3) is 3.45. The summed E-state index contributed by atoms with van der Waals surface area (Å²) >= 11 is 0. The van der Waals surface area contributed by atoms with Gasteiger partial charge in [-0.05, 0) is 61.1 Å². The van der Waals surface area contributed by atoms with Crippen LogP contribution in [0.3, 0.4) is 0 Å². The van der Waals surface area contributed by atoms with Crippen molar-refractivity contribution in [1.82, 2.24) is 5.32 Å². The number of methoxy groups -OCH3 is 1. The summed E-state index contributed by atoms with van der Waals surface area (Å²) in [5.41, 5.74) is 4.29. The highest BCUT2D eigenvalue weighted by Crippen LogP contribution is 2.32. The molecule has 2 aromatic carbocycles. The topological polar surface area (TPSA) is 21.3 Å². The average molecular weight is 281 g/mol. The number of hydrogen-bond acceptors (Lipinski definition) is 2. The van der Waals surface area contributed by atoms with Crippen LogP contribution >= 0.6 is 0 Å². The highest BCUT2D eigenvalue weighted by molar-refractivity contribution is 5.39. The zero-order valence-corrected chi connectivity index (χ0v) is 12.6. The number of fused-ring (bicyclic) bond motifs is 1. The van der Waals surface area contributed by atoms with E-state index < -0.39 is 0 Å². The summed E-state index contributed by atoms with van der Waals surface area (Å²) in [6, 6.07) is 17.6. The Morgan fingerprint density at radius 2 is 2.00 bits per heavy atom. The molecule has 1 unspecified atom stereocenters. The fraction of sp³-hybridized carbons (Fsp3) is 0.368. The molecule has 0 aliphatic heterocycles. The zero-order chi connectivity index (χ0) is 14.5. The van der Waals surface area contributed by atoms with Crippen LogP contribution in [0.25, 0.3) is 0 Å². The quantitative estimate of drug-likeness (QED) is 0.897. The monoisotopic (exact) mass is 281 g/mol. The van der Waals surface area contributed by atoms with E-state index >= 15 is 0 Å². The lowest BCUT2D eigenvalue weighted by molar-refractivity contribution is 0.409. The summed E-state index contributed by atoms with van der Waals surface area (Å²) in [7, 11) is 1.74. The van der Waals surface area contributed by atoms with Gasteiger partial charge in [-0.2, -0.15) is 0 Å². The molecule has 0 fully saturated rings. The Morgan fingerprint density at radius 1 is 1.14 bits per heavy atom. The van der Waals surface area contributed by atoms with Crippen molar-refractivity contribution < 1.29 is 4.74 Å². The van der Waals surface area contributed by atoms with Gasteiger partial charge in [0.1, 0.15) is 5.75 Å². The van der Waals surface area contributed by atoms with Crippen molar-refractivity contribution in [2.24, 2.45) is 0 Å². The second-order valence-electron chi connectivity index (χ2n) is 5.70. The maximum absolute atomic E-state index is 5.37. The van der Waals surface area contributed by atoms with Crippen molar-refractivity contribution in [2.45, 2.75) is 31.7 Å². The molecular weight excluding hydrogens is 258 g/mol. The van der Waals surface area contributed by atoms with E-state index in [2.05, 4.69) is 53.8 Å². The molecule has 1 aliphatic rings. The molecule has 0 saturated heterocycles. The van der Waals surface area contributed by atoms with Gasteiger partial charge in [0.25, 0.3) is 0 Å². The molecule has 0 heterocycles. The van der Waals surface area contributed by atoms with E-state index in [1.54, 1.807) is 7.11 Å². The smallest absolute Gasteiger partial charge is 0.119 e. The first-order valence-corrected chi connectivity index (χ1v) is 7.81. The van der Waals surface area contributed by atoms with Crippen molar-refractivity contribution in [1.29, 1.82) is 0 Å². The van der Waals surface area contributed by atoms with Crippen LogP contribution in [0, 0.1) is 0 Å². The van der Waals surface area contributed by atoms with Crippen LogP contribution in [0.4, 0.5) is 0 Å². The fourth-order valence-electron chi connectivity index (χ4n) is 3.15. The molecule has 0 radical (unpaired) electrons. The minimum absolute atomic E-state index is 0.465. The van der Waals surface area contributed by atoms with Gasteiger partial charge in [-0.15, -0.1) is 0 Å². The Bertz CT molecular complexity index is 579. The summed E-state index contributed by atoms with van der Waals surface area (Å²) in [5.74, 6) is 0.963. The first-order valence-electron chi connectivity index (χ1n) is 7.81. The molecule has 0 spiro atoms. The molecule has 1 atom stereocenters. The lowest BCUT2D eigenvalue weighted by Gasteiger charge is -2.27. The van der Waals surface area contributed by atoms with Crippen LogP contribution in [-0.2, 0) is 12.8 Å². The minimum Gasteiger partial charge on any atom is -0.497 e. The summed E-state index contributed by atoms with van der Waals surface area (Å²) in [5, 5.41) is 3.72. The highest BCUT2D eigenvalue weighted by Gasteiger charge is 2.20. The molecule has 21 heavy (non-hydrogen) atoms. The number of ether oxygens (including phenoxy) is 1. The fourth-order valence-corrected chi connectivity index (χ4v) is 3.15. The molecule has 2 heteroatoms. The first-order chi connectivity index (χ1) is 10.4. The largest absolute Gasteiger partial charge is 0.497 e. The van der Waals surface area contributed by atoms with E-state index in [-0.39, 0.29) is 0 Å². The van der Waals surface area contributed by atoms with E-state index in [0.717, 1.165) is 18.7 Å². The molecule has 110 valence electrons. The SMILES string of the molecule is COc1ccc2c(c1)C(NCCc1ccccc1)CCC2. The third-order valence-corrected chi connectivity index (χ3v) is 4.31. The second kappa shape index (κ2) is 6.77. The number of hydrogen-bond donors (Lipinski definition) is 1. The van der Waals surface area contributed by atoms with Crippen molar-refractivity contribution in [3.63, 3.8) is 0 Å². The predicted molar refractivity (Wildman–Crippen MR) is 86.8 cm³/mol. The van der Waals surface area contributed by atoms with Crippen molar-refractivity contribution in [3.05, 3.63) is 65.2 Å². The van der Waals surface area contributed by atoms with Gasteiger partial charge >= 0.3 is 0 Å². The molecule has 2 aromatic rings. The minimum atomic E-state index is 0.465. The molecule has 3 rings (SSSR count). The Labute approximate surface area is 127 Å². The normalized spacial score (nSPS) is 17.3. The van der Waals surface area contributed by atoms with Gasteiger partial charge in [-0.1, -0.05) is 36.4 Å². The number of rotatable bonds is 5. The Kier molecular flexibility index (Phi) is 4.56. The Balaban J connectivity index is 1.64. The van der Waals surface area contributed by atoms with E-state index in [1.165, 1.54) is 36.0 Å². The Morgan fingerprint density at radius 3 is 2.81 bits per heavy atom. The number of nitrogens with one attached hydrogen (secondary N) is 1. The molecular formula is C19H23NO. The van der Waals surface area contributed by atoms with Crippen LogP contribution in [-0.4, -0.2) is 13.7 Å². The van der Waals surface area contributed by atoms with Gasteiger partial charge in [-0.3, -0.25) is 0 Å². The van der Waals surface area contributed by atoms with E-state index in [0.29, 0.717) is 6.04 Å². The van der Waals surface area contributed by atoms with Crippen LogP contribution < -0.4 is 10.1 Å². The molecule has 1 N–H and O–H groups in total. The van der Waals surface area contributed by atoms with Gasteiger partial charge in [0.05, 0.1) is 7.11 Å².